The Morgan fingerprint density at radius 3 is 2.87 bits per heavy atom. The Bertz CT molecular complexity index is 368. The van der Waals surface area contributed by atoms with E-state index in [2.05, 4.69) is 18.1 Å². The Balaban J connectivity index is 2.16. The van der Waals surface area contributed by atoms with Gasteiger partial charge in [-0.25, -0.2) is 4.68 Å². The molecule has 1 aliphatic rings. The highest BCUT2D eigenvalue weighted by Gasteiger charge is 2.14. The van der Waals surface area contributed by atoms with Gasteiger partial charge in [-0.15, -0.1) is 0 Å². The van der Waals surface area contributed by atoms with E-state index < -0.39 is 6.55 Å². The molecule has 2 nitrogen and oxygen atoms in total. The molecule has 0 fully saturated rings. The fraction of sp³-hybridized carbons (Fsp3) is 0.545. The number of allylic oxidation sites excluding steroid dienone is 2. The van der Waals surface area contributed by atoms with Crippen LogP contribution in [-0.4, -0.2) is 9.78 Å². The molecule has 2 rings (SSSR count). The van der Waals surface area contributed by atoms with Crippen LogP contribution in [0.15, 0.2) is 18.5 Å². The molecule has 0 radical (unpaired) electrons. The van der Waals surface area contributed by atoms with Crippen LogP contribution in [0.4, 0.5) is 8.78 Å². The van der Waals surface area contributed by atoms with Crippen molar-refractivity contribution in [3.63, 3.8) is 0 Å². The first-order valence-electron chi connectivity index (χ1n) is 5.18. The van der Waals surface area contributed by atoms with Crippen molar-refractivity contribution in [2.45, 2.75) is 32.7 Å². The fourth-order valence-corrected chi connectivity index (χ4v) is 1.84. The van der Waals surface area contributed by atoms with Crippen molar-refractivity contribution in [1.82, 2.24) is 9.78 Å². The number of rotatable bonds is 2. The molecule has 1 aromatic rings. The number of nitrogens with zero attached hydrogens (tertiary/aromatic N) is 2. The Morgan fingerprint density at radius 2 is 2.33 bits per heavy atom. The minimum absolute atomic E-state index is 0.703. The van der Waals surface area contributed by atoms with Gasteiger partial charge in [-0.05, 0) is 30.8 Å². The van der Waals surface area contributed by atoms with E-state index >= 15 is 0 Å². The quantitative estimate of drug-likeness (QED) is 0.733. The summed E-state index contributed by atoms with van der Waals surface area (Å²) in [6.07, 6.45) is 8.22. The molecule has 0 aromatic carbocycles. The second kappa shape index (κ2) is 4.13. The van der Waals surface area contributed by atoms with Crippen LogP contribution < -0.4 is 0 Å². The van der Waals surface area contributed by atoms with Gasteiger partial charge in [0.1, 0.15) is 0 Å². The van der Waals surface area contributed by atoms with Crippen molar-refractivity contribution in [2.75, 3.05) is 0 Å². The summed E-state index contributed by atoms with van der Waals surface area (Å²) in [6, 6.07) is 0. The smallest absolute Gasteiger partial charge is 0.211 e. The Kier molecular flexibility index (Phi) is 2.84. The van der Waals surface area contributed by atoms with Crippen LogP contribution in [-0.2, 0) is 0 Å². The molecule has 0 saturated heterocycles. The molecule has 1 heterocycles. The van der Waals surface area contributed by atoms with Crippen LogP contribution in [0.25, 0.3) is 5.57 Å². The average Bonchev–Trinajstić information content (AvgIpc) is 2.68. The van der Waals surface area contributed by atoms with Crippen LogP contribution in [0, 0.1) is 5.92 Å². The number of halogens is 2. The summed E-state index contributed by atoms with van der Waals surface area (Å²) >= 11 is 0. The van der Waals surface area contributed by atoms with Gasteiger partial charge in [-0.1, -0.05) is 13.0 Å². The van der Waals surface area contributed by atoms with E-state index in [1.165, 1.54) is 12.4 Å². The third-order valence-electron chi connectivity index (χ3n) is 2.85. The summed E-state index contributed by atoms with van der Waals surface area (Å²) in [5.74, 6) is 0.707. The summed E-state index contributed by atoms with van der Waals surface area (Å²) in [7, 11) is 0. The minimum Gasteiger partial charge on any atom is -0.211 e. The van der Waals surface area contributed by atoms with Crippen molar-refractivity contribution < 1.29 is 8.78 Å². The second-order valence-electron chi connectivity index (χ2n) is 4.10. The maximum absolute atomic E-state index is 12.3. The number of alkyl halides is 2. The zero-order valence-electron chi connectivity index (χ0n) is 8.66. The highest BCUT2D eigenvalue weighted by Crippen LogP contribution is 2.29. The van der Waals surface area contributed by atoms with E-state index in [0.717, 1.165) is 30.4 Å². The van der Waals surface area contributed by atoms with Gasteiger partial charge in [0.15, 0.2) is 0 Å². The summed E-state index contributed by atoms with van der Waals surface area (Å²) < 4.78 is 25.3. The molecule has 0 aliphatic heterocycles. The standard InChI is InChI=1S/C11H14F2N2/c1-8-2-4-9(5-3-8)10-6-14-15(7-10)11(12)13/h4,6-8,11H,2-3,5H2,1H3. The lowest BCUT2D eigenvalue weighted by Gasteiger charge is -2.16. The molecule has 0 amide bonds. The lowest BCUT2D eigenvalue weighted by molar-refractivity contribution is 0.0566. The molecule has 0 N–H and O–H groups in total. The van der Waals surface area contributed by atoms with E-state index in [1.54, 1.807) is 0 Å². The normalized spacial score (nSPS) is 21.9. The average molecular weight is 212 g/mol. The largest absolute Gasteiger partial charge is 0.333 e. The van der Waals surface area contributed by atoms with Crippen molar-refractivity contribution in [3.8, 4) is 0 Å². The molecule has 82 valence electrons. The van der Waals surface area contributed by atoms with Gasteiger partial charge in [0.2, 0.25) is 0 Å². The van der Waals surface area contributed by atoms with Gasteiger partial charge in [-0.3, -0.25) is 0 Å². The zero-order valence-corrected chi connectivity index (χ0v) is 8.66. The SMILES string of the molecule is CC1CC=C(c2cnn(C(F)F)c2)CC1. The van der Waals surface area contributed by atoms with Crippen LogP contribution >= 0.6 is 0 Å². The van der Waals surface area contributed by atoms with Crippen molar-refractivity contribution in [3.05, 3.63) is 24.0 Å². The van der Waals surface area contributed by atoms with Crippen LogP contribution in [0.5, 0.6) is 0 Å². The van der Waals surface area contributed by atoms with Gasteiger partial charge in [-0.2, -0.15) is 13.9 Å². The molecule has 0 saturated carbocycles. The predicted octanol–water partition coefficient (Wildman–Crippen LogP) is 3.48. The van der Waals surface area contributed by atoms with Gasteiger partial charge in [0, 0.05) is 11.8 Å². The topological polar surface area (TPSA) is 17.8 Å². The first kappa shape index (κ1) is 10.3. The molecule has 1 atom stereocenters. The summed E-state index contributed by atoms with van der Waals surface area (Å²) in [5.41, 5.74) is 1.99. The maximum Gasteiger partial charge on any atom is 0.333 e. The van der Waals surface area contributed by atoms with Gasteiger partial charge < -0.3 is 0 Å². The lowest BCUT2D eigenvalue weighted by atomic mass is 9.89. The van der Waals surface area contributed by atoms with Crippen LogP contribution in [0.2, 0.25) is 0 Å². The number of hydrogen-bond donors (Lipinski definition) is 0. The Labute approximate surface area is 87.6 Å². The van der Waals surface area contributed by atoms with E-state index in [9.17, 15) is 8.78 Å². The second-order valence-corrected chi connectivity index (χ2v) is 4.10. The number of hydrogen-bond acceptors (Lipinski definition) is 1. The molecular formula is C11H14F2N2. The first-order valence-corrected chi connectivity index (χ1v) is 5.18. The molecule has 1 aromatic heterocycles. The molecule has 0 spiro atoms. The monoisotopic (exact) mass is 212 g/mol. The van der Waals surface area contributed by atoms with Crippen molar-refractivity contribution in [1.29, 1.82) is 0 Å². The third kappa shape index (κ3) is 2.25. The number of aromatic nitrogens is 2. The summed E-state index contributed by atoms with van der Waals surface area (Å²) in [6.45, 7) is -0.336. The molecule has 1 aliphatic carbocycles. The lowest BCUT2D eigenvalue weighted by Crippen LogP contribution is -2.00. The maximum atomic E-state index is 12.3. The zero-order chi connectivity index (χ0) is 10.8. The van der Waals surface area contributed by atoms with E-state index in [-0.39, 0.29) is 0 Å². The summed E-state index contributed by atoms with van der Waals surface area (Å²) in [4.78, 5) is 0. The van der Waals surface area contributed by atoms with Crippen molar-refractivity contribution >= 4 is 5.57 Å². The van der Waals surface area contributed by atoms with E-state index in [0.29, 0.717) is 10.6 Å². The van der Waals surface area contributed by atoms with Crippen LogP contribution in [0.1, 0.15) is 38.3 Å². The first-order chi connectivity index (χ1) is 7.16. The highest BCUT2D eigenvalue weighted by molar-refractivity contribution is 5.65. The Hall–Kier alpha value is -1.19. The predicted molar refractivity (Wildman–Crippen MR) is 54.5 cm³/mol. The molecule has 0 bridgehead atoms. The summed E-state index contributed by atoms with van der Waals surface area (Å²) in [5, 5.41) is 3.64. The van der Waals surface area contributed by atoms with Crippen molar-refractivity contribution in [2.24, 2.45) is 5.92 Å². The minimum atomic E-state index is -2.54. The molecular weight excluding hydrogens is 198 g/mol. The molecule has 15 heavy (non-hydrogen) atoms. The van der Waals surface area contributed by atoms with Gasteiger partial charge in [0.05, 0.1) is 6.20 Å². The fourth-order valence-electron chi connectivity index (χ4n) is 1.84. The van der Waals surface area contributed by atoms with E-state index in [4.69, 9.17) is 0 Å². The third-order valence-corrected chi connectivity index (χ3v) is 2.85. The van der Waals surface area contributed by atoms with Gasteiger partial charge >= 0.3 is 6.55 Å². The molecule has 1 unspecified atom stereocenters. The van der Waals surface area contributed by atoms with Gasteiger partial charge in [0.25, 0.3) is 0 Å². The van der Waals surface area contributed by atoms with E-state index in [1.807, 2.05) is 0 Å². The molecule has 4 heteroatoms. The highest BCUT2D eigenvalue weighted by atomic mass is 19.3. The van der Waals surface area contributed by atoms with Crippen LogP contribution in [0.3, 0.4) is 0 Å². The Morgan fingerprint density at radius 1 is 1.53 bits per heavy atom.